The molecule has 1 aromatic heterocycles. The highest BCUT2D eigenvalue weighted by atomic mass is 16.6. The van der Waals surface area contributed by atoms with E-state index in [0.717, 1.165) is 32.5 Å². The second-order valence-electron chi connectivity index (χ2n) is 7.05. The highest BCUT2D eigenvalue weighted by Crippen LogP contribution is 2.18. The summed E-state index contributed by atoms with van der Waals surface area (Å²) in [6.07, 6.45) is 3.73. The summed E-state index contributed by atoms with van der Waals surface area (Å²) in [6.45, 7) is 9.41. The van der Waals surface area contributed by atoms with E-state index in [1.165, 1.54) is 5.69 Å². The first-order valence-electron chi connectivity index (χ1n) is 7.99. The van der Waals surface area contributed by atoms with E-state index in [2.05, 4.69) is 21.4 Å². The summed E-state index contributed by atoms with van der Waals surface area (Å²) in [4.78, 5) is 14.1. The van der Waals surface area contributed by atoms with Gasteiger partial charge in [-0.1, -0.05) is 0 Å². The molecule has 1 saturated heterocycles. The Morgan fingerprint density at radius 1 is 1.41 bits per heavy atom. The smallest absolute Gasteiger partial charge is 0.407 e. The van der Waals surface area contributed by atoms with Crippen molar-refractivity contribution in [3.8, 4) is 0 Å². The zero-order valence-electron chi connectivity index (χ0n) is 14.1. The van der Waals surface area contributed by atoms with Crippen molar-refractivity contribution >= 4 is 6.09 Å². The van der Waals surface area contributed by atoms with E-state index in [9.17, 15) is 4.79 Å². The topological polar surface area (TPSA) is 59.4 Å². The van der Waals surface area contributed by atoms with Gasteiger partial charge >= 0.3 is 6.09 Å². The number of carbonyl (C=O) groups is 1. The number of nitrogens with zero attached hydrogens (tertiary/aromatic N) is 3. The second kappa shape index (κ2) is 7.13. The molecular weight excluding hydrogens is 280 g/mol. The quantitative estimate of drug-likeness (QED) is 0.926. The highest BCUT2D eigenvalue weighted by molar-refractivity contribution is 5.67. The molecule has 0 aliphatic carbocycles. The zero-order valence-corrected chi connectivity index (χ0v) is 14.1. The number of aromatic nitrogens is 2. The summed E-state index contributed by atoms with van der Waals surface area (Å²) in [7, 11) is 1.98. The van der Waals surface area contributed by atoms with Crippen LogP contribution >= 0.6 is 0 Å². The van der Waals surface area contributed by atoms with Crippen LogP contribution in [0.2, 0.25) is 0 Å². The van der Waals surface area contributed by atoms with Crippen molar-refractivity contribution in [1.29, 1.82) is 0 Å². The van der Waals surface area contributed by atoms with E-state index in [-0.39, 0.29) is 6.09 Å². The van der Waals surface area contributed by atoms with E-state index in [1.807, 2.05) is 38.7 Å². The third kappa shape index (κ3) is 5.33. The number of alkyl carbamates (subject to hydrolysis) is 1. The van der Waals surface area contributed by atoms with Gasteiger partial charge in [-0.15, -0.1) is 0 Å². The monoisotopic (exact) mass is 308 g/mol. The standard InChI is InChI=1S/C16H28N4O2/c1-16(2,3)22-15(21)17-11-13-6-9-20(10-7-13)12-14-5-8-18-19(14)4/h5,8,13H,6-7,9-12H2,1-4H3,(H,17,21). The van der Waals surface area contributed by atoms with Crippen LogP contribution in [0, 0.1) is 5.92 Å². The summed E-state index contributed by atoms with van der Waals surface area (Å²) >= 11 is 0. The lowest BCUT2D eigenvalue weighted by Gasteiger charge is -2.32. The summed E-state index contributed by atoms with van der Waals surface area (Å²) in [5.74, 6) is 0.537. The van der Waals surface area contributed by atoms with Crippen LogP contribution in [0.4, 0.5) is 4.79 Å². The highest BCUT2D eigenvalue weighted by Gasteiger charge is 2.22. The van der Waals surface area contributed by atoms with Crippen LogP contribution in [0.5, 0.6) is 0 Å². The molecule has 1 aliphatic rings. The molecule has 22 heavy (non-hydrogen) atoms. The van der Waals surface area contributed by atoms with Crippen molar-refractivity contribution in [3.05, 3.63) is 18.0 Å². The molecule has 0 atom stereocenters. The van der Waals surface area contributed by atoms with Crippen LogP contribution < -0.4 is 5.32 Å². The Morgan fingerprint density at radius 3 is 2.64 bits per heavy atom. The van der Waals surface area contributed by atoms with Crippen LogP contribution in [0.1, 0.15) is 39.3 Å². The maximum atomic E-state index is 11.7. The van der Waals surface area contributed by atoms with Crippen molar-refractivity contribution in [3.63, 3.8) is 0 Å². The van der Waals surface area contributed by atoms with Gasteiger partial charge in [0.25, 0.3) is 0 Å². The van der Waals surface area contributed by atoms with Gasteiger partial charge in [0.1, 0.15) is 5.60 Å². The van der Waals surface area contributed by atoms with Crippen LogP contribution in [-0.4, -0.2) is 46.0 Å². The van der Waals surface area contributed by atoms with Crippen LogP contribution in [-0.2, 0) is 18.3 Å². The lowest BCUT2D eigenvalue weighted by atomic mass is 9.97. The number of piperidine rings is 1. The number of aryl methyl sites for hydroxylation is 1. The lowest BCUT2D eigenvalue weighted by molar-refractivity contribution is 0.0509. The molecule has 0 radical (unpaired) electrons. The predicted octanol–water partition coefficient (Wildman–Crippen LogP) is 2.16. The fourth-order valence-corrected chi connectivity index (χ4v) is 2.68. The molecule has 0 spiro atoms. The fraction of sp³-hybridized carbons (Fsp3) is 0.750. The predicted molar refractivity (Wildman–Crippen MR) is 85.4 cm³/mol. The van der Waals surface area contributed by atoms with Gasteiger partial charge in [-0.25, -0.2) is 4.79 Å². The third-order valence-corrected chi connectivity index (χ3v) is 3.95. The van der Waals surface area contributed by atoms with E-state index >= 15 is 0 Å². The Hall–Kier alpha value is -1.56. The molecule has 0 unspecified atom stereocenters. The molecule has 0 bridgehead atoms. The van der Waals surface area contributed by atoms with Gasteiger partial charge in [0.15, 0.2) is 0 Å². The van der Waals surface area contributed by atoms with Crippen molar-refractivity contribution < 1.29 is 9.53 Å². The average molecular weight is 308 g/mol. The zero-order chi connectivity index (χ0) is 16.2. The molecule has 1 N–H and O–H groups in total. The molecule has 0 aromatic carbocycles. The Bertz CT molecular complexity index is 485. The molecule has 6 nitrogen and oxygen atoms in total. The number of hydrogen-bond donors (Lipinski definition) is 1. The SMILES string of the molecule is Cn1nccc1CN1CCC(CNC(=O)OC(C)(C)C)CC1. The second-order valence-corrected chi connectivity index (χ2v) is 7.05. The maximum Gasteiger partial charge on any atom is 0.407 e. The van der Waals surface area contributed by atoms with Gasteiger partial charge in [-0.3, -0.25) is 9.58 Å². The van der Waals surface area contributed by atoms with Crippen LogP contribution in [0.3, 0.4) is 0 Å². The summed E-state index contributed by atoms with van der Waals surface area (Å²) < 4.78 is 7.19. The van der Waals surface area contributed by atoms with Crippen molar-refractivity contribution in [2.24, 2.45) is 13.0 Å². The third-order valence-electron chi connectivity index (χ3n) is 3.95. The first kappa shape index (κ1) is 16.8. The molecule has 1 fully saturated rings. The fourth-order valence-electron chi connectivity index (χ4n) is 2.68. The van der Waals surface area contributed by atoms with Crippen LogP contribution in [0.15, 0.2) is 12.3 Å². The van der Waals surface area contributed by atoms with E-state index in [0.29, 0.717) is 12.5 Å². The average Bonchev–Trinajstić information content (AvgIpc) is 2.82. The number of nitrogens with one attached hydrogen (secondary N) is 1. The Balaban J connectivity index is 1.67. The molecule has 6 heteroatoms. The normalized spacial score (nSPS) is 17.5. The Labute approximate surface area is 132 Å². The first-order chi connectivity index (χ1) is 10.3. The van der Waals surface area contributed by atoms with Gasteiger partial charge < -0.3 is 10.1 Å². The first-order valence-corrected chi connectivity index (χ1v) is 7.99. The summed E-state index contributed by atoms with van der Waals surface area (Å²) in [5, 5.41) is 7.09. The summed E-state index contributed by atoms with van der Waals surface area (Å²) in [6, 6.07) is 2.07. The number of carbonyl (C=O) groups excluding carboxylic acids is 1. The van der Waals surface area contributed by atoms with Crippen molar-refractivity contribution in [2.45, 2.75) is 45.8 Å². The number of amides is 1. The van der Waals surface area contributed by atoms with E-state index < -0.39 is 5.60 Å². The van der Waals surface area contributed by atoms with E-state index in [4.69, 9.17) is 4.74 Å². The molecule has 1 aliphatic heterocycles. The molecule has 0 saturated carbocycles. The van der Waals surface area contributed by atoms with Gasteiger partial charge in [0.05, 0.1) is 5.69 Å². The molecule has 124 valence electrons. The number of likely N-dealkylation sites (tertiary alicyclic amines) is 1. The minimum Gasteiger partial charge on any atom is -0.444 e. The molecular formula is C16H28N4O2. The summed E-state index contributed by atoms with van der Waals surface area (Å²) in [5.41, 5.74) is 0.807. The van der Waals surface area contributed by atoms with Crippen LogP contribution in [0.25, 0.3) is 0 Å². The van der Waals surface area contributed by atoms with Gasteiger partial charge in [-0.2, -0.15) is 5.10 Å². The lowest BCUT2D eigenvalue weighted by Crippen LogP contribution is -2.40. The number of rotatable bonds is 4. The molecule has 2 rings (SSSR count). The number of ether oxygens (including phenoxy) is 1. The van der Waals surface area contributed by atoms with Crippen molar-refractivity contribution in [1.82, 2.24) is 20.0 Å². The van der Waals surface area contributed by atoms with E-state index in [1.54, 1.807) is 0 Å². The molecule has 1 amide bonds. The molecule has 1 aromatic rings. The van der Waals surface area contributed by atoms with Gasteiger partial charge in [0.2, 0.25) is 0 Å². The Kier molecular flexibility index (Phi) is 5.45. The minimum absolute atomic E-state index is 0.315. The van der Waals surface area contributed by atoms with Crippen molar-refractivity contribution in [2.75, 3.05) is 19.6 Å². The largest absolute Gasteiger partial charge is 0.444 e. The Morgan fingerprint density at radius 2 is 2.09 bits per heavy atom. The maximum absolute atomic E-state index is 11.7. The molecule has 2 heterocycles. The number of hydrogen-bond acceptors (Lipinski definition) is 4. The van der Waals surface area contributed by atoms with Gasteiger partial charge in [0, 0.05) is 26.3 Å². The van der Waals surface area contributed by atoms with Gasteiger partial charge in [-0.05, 0) is 58.7 Å². The minimum atomic E-state index is -0.434.